The highest BCUT2D eigenvalue weighted by Gasteiger charge is 2.47. The summed E-state index contributed by atoms with van der Waals surface area (Å²) in [4.78, 5) is 25.4. The monoisotopic (exact) mass is 328 g/mol. The molecule has 124 valence electrons. The van der Waals surface area contributed by atoms with Crippen molar-refractivity contribution in [2.45, 2.75) is 18.1 Å². The maximum Gasteiger partial charge on any atom is 0.417 e. The lowest BCUT2D eigenvalue weighted by Gasteiger charge is -2.38. The Morgan fingerprint density at radius 3 is 2.78 bits per heavy atom. The number of hydrogen-bond acceptors (Lipinski definition) is 4. The minimum atomic E-state index is -4.63. The Bertz CT molecular complexity index is 660. The zero-order valence-electron chi connectivity index (χ0n) is 12.3. The summed E-state index contributed by atoms with van der Waals surface area (Å²) in [6.45, 7) is 0.539. The van der Waals surface area contributed by atoms with E-state index in [2.05, 4.69) is 10.1 Å². The number of amides is 1. The zero-order chi connectivity index (χ0) is 16.8. The Morgan fingerprint density at radius 2 is 2.13 bits per heavy atom. The van der Waals surface area contributed by atoms with Crippen LogP contribution in [0.4, 0.5) is 13.2 Å². The predicted molar refractivity (Wildman–Crippen MR) is 73.9 cm³/mol. The van der Waals surface area contributed by atoms with Gasteiger partial charge in [0.15, 0.2) is 0 Å². The number of hydrogen-bond donors (Lipinski definition) is 1. The molecule has 0 aromatic heterocycles. The van der Waals surface area contributed by atoms with Crippen molar-refractivity contribution < 1.29 is 27.5 Å². The van der Waals surface area contributed by atoms with Crippen molar-refractivity contribution in [1.29, 1.82) is 0 Å². The molecule has 1 fully saturated rings. The molecule has 0 bridgehead atoms. The maximum absolute atomic E-state index is 13.3. The Morgan fingerprint density at radius 1 is 1.39 bits per heavy atom. The third kappa shape index (κ3) is 2.56. The highest BCUT2D eigenvalue weighted by Crippen LogP contribution is 2.41. The lowest BCUT2D eigenvalue weighted by Crippen LogP contribution is -2.51. The van der Waals surface area contributed by atoms with Crippen LogP contribution in [0.1, 0.15) is 27.4 Å². The van der Waals surface area contributed by atoms with Crippen LogP contribution in [0.5, 0.6) is 0 Å². The number of carbonyl (C=O) groups excluding carboxylic acids is 2. The van der Waals surface area contributed by atoms with Gasteiger partial charge >= 0.3 is 12.1 Å². The van der Waals surface area contributed by atoms with Crippen molar-refractivity contribution in [1.82, 2.24) is 10.2 Å². The first-order valence-corrected chi connectivity index (χ1v) is 7.13. The average Bonchev–Trinajstić information content (AvgIpc) is 2.99. The quantitative estimate of drug-likeness (QED) is 0.834. The fraction of sp³-hybridized carbons (Fsp3) is 0.467. The lowest BCUT2D eigenvalue weighted by molar-refractivity contribution is -0.141. The summed E-state index contributed by atoms with van der Waals surface area (Å²) in [5.74, 6) is -1.70. The van der Waals surface area contributed by atoms with Gasteiger partial charge in [-0.2, -0.15) is 13.2 Å². The predicted octanol–water partition coefficient (Wildman–Crippen LogP) is 1.39. The molecule has 2 atom stereocenters. The summed E-state index contributed by atoms with van der Waals surface area (Å²) in [6, 6.07) is 3.43. The molecule has 0 saturated carbocycles. The second-order valence-corrected chi connectivity index (χ2v) is 5.61. The summed E-state index contributed by atoms with van der Waals surface area (Å²) in [6.07, 6.45) is -4.63. The number of nitrogens with zero attached hydrogens (tertiary/aromatic N) is 1. The number of methoxy groups -OCH3 is 1. The van der Waals surface area contributed by atoms with Gasteiger partial charge in [0.25, 0.3) is 5.91 Å². The van der Waals surface area contributed by atoms with Gasteiger partial charge in [-0.25, -0.2) is 0 Å². The Labute approximate surface area is 130 Å². The van der Waals surface area contributed by atoms with Crippen LogP contribution >= 0.6 is 0 Å². The zero-order valence-corrected chi connectivity index (χ0v) is 12.3. The van der Waals surface area contributed by atoms with Crippen LogP contribution in [0.3, 0.4) is 0 Å². The molecular weight excluding hydrogens is 313 g/mol. The van der Waals surface area contributed by atoms with Crippen LogP contribution in [-0.2, 0) is 15.7 Å². The fourth-order valence-corrected chi connectivity index (χ4v) is 3.35. The van der Waals surface area contributed by atoms with E-state index >= 15 is 0 Å². The summed E-state index contributed by atoms with van der Waals surface area (Å²) < 4.78 is 44.4. The van der Waals surface area contributed by atoms with Crippen LogP contribution in [-0.4, -0.2) is 49.6 Å². The molecule has 23 heavy (non-hydrogen) atoms. The number of ether oxygens (including phenoxy) is 1. The van der Waals surface area contributed by atoms with E-state index in [9.17, 15) is 22.8 Å². The van der Waals surface area contributed by atoms with Gasteiger partial charge in [0.05, 0.1) is 24.3 Å². The number of rotatable bonds is 2. The minimum Gasteiger partial charge on any atom is -0.468 e. The second kappa shape index (κ2) is 5.52. The van der Waals surface area contributed by atoms with Gasteiger partial charge in [-0.1, -0.05) is 12.1 Å². The van der Waals surface area contributed by atoms with E-state index in [-0.39, 0.29) is 24.1 Å². The number of carbonyl (C=O) groups is 2. The standard InChI is InChI=1S/C15H15F3N2O3/c1-23-12(21)7-20-11-6-19-5-9(11)8-3-2-4-10(15(16,17)18)13(8)14(20)22/h2-4,9,11,19H,5-7H2,1H3/t9-,11+/m1/s1. The number of nitrogens with one attached hydrogen (secondary N) is 1. The average molecular weight is 328 g/mol. The smallest absolute Gasteiger partial charge is 0.417 e. The SMILES string of the molecule is COC(=O)CN1C(=O)c2c(cccc2C(F)(F)F)[C@H]2CNC[C@@H]21. The summed E-state index contributed by atoms with van der Waals surface area (Å²) >= 11 is 0. The van der Waals surface area contributed by atoms with E-state index in [0.717, 1.165) is 6.07 Å². The van der Waals surface area contributed by atoms with E-state index in [1.165, 1.54) is 18.1 Å². The maximum atomic E-state index is 13.3. The number of benzene rings is 1. The van der Waals surface area contributed by atoms with Crippen LogP contribution in [0.15, 0.2) is 18.2 Å². The molecule has 0 spiro atoms. The summed E-state index contributed by atoms with van der Waals surface area (Å²) in [5, 5.41) is 3.08. The van der Waals surface area contributed by atoms with Crippen molar-refractivity contribution in [3.05, 3.63) is 34.9 Å². The third-order valence-electron chi connectivity index (χ3n) is 4.39. The van der Waals surface area contributed by atoms with E-state index in [1.807, 2.05) is 0 Å². The molecule has 2 aliphatic rings. The van der Waals surface area contributed by atoms with Gasteiger partial charge in [-0.05, 0) is 11.6 Å². The van der Waals surface area contributed by atoms with Crippen LogP contribution in [0.25, 0.3) is 0 Å². The molecule has 5 nitrogen and oxygen atoms in total. The van der Waals surface area contributed by atoms with E-state index in [4.69, 9.17) is 0 Å². The topological polar surface area (TPSA) is 58.6 Å². The molecule has 0 aliphatic carbocycles. The number of halogens is 3. The Kier molecular flexibility index (Phi) is 3.79. The molecule has 3 rings (SSSR count). The molecule has 1 amide bonds. The molecule has 0 unspecified atom stereocenters. The fourth-order valence-electron chi connectivity index (χ4n) is 3.35. The number of fused-ring (bicyclic) bond motifs is 3. The summed E-state index contributed by atoms with van der Waals surface area (Å²) in [7, 11) is 1.18. The number of esters is 1. The van der Waals surface area contributed by atoms with Crippen LogP contribution in [0.2, 0.25) is 0 Å². The molecule has 2 aliphatic heterocycles. The Hall–Kier alpha value is -2.09. The highest BCUT2D eigenvalue weighted by atomic mass is 19.4. The minimum absolute atomic E-state index is 0.269. The lowest BCUT2D eigenvalue weighted by atomic mass is 9.82. The summed E-state index contributed by atoms with van der Waals surface area (Å²) in [5.41, 5.74) is -0.921. The van der Waals surface area contributed by atoms with Crippen molar-refractivity contribution in [3.8, 4) is 0 Å². The molecule has 1 aromatic carbocycles. The normalized spacial score (nSPS) is 23.5. The van der Waals surface area contributed by atoms with Crippen molar-refractivity contribution in [2.75, 3.05) is 26.7 Å². The van der Waals surface area contributed by atoms with Gasteiger partial charge in [-0.3, -0.25) is 9.59 Å². The Balaban J connectivity index is 2.12. The first-order valence-electron chi connectivity index (χ1n) is 7.13. The van der Waals surface area contributed by atoms with Gasteiger partial charge < -0.3 is 15.0 Å². The van der Waals surface area contributed by atoms with Gasteiger partial charge in [0.1, 0.15) is 6.54 Å². The van der Waals surface area contributed by atoms with E-state index in [1.54, 1.807) is 6.07 Å². The van der Waals surface area contributed by atoms with E-state index < -0.39 is 23.6 Å². The molecule has 2 heterocycles. The van der Waals surface area contributed by atoms with Crippen LogP contribution < -0.4 is 5.32 Å². The van der Waals surface area contributed by atoms with Crippen LogP contribution in [0, 0.1) is 0 Å². The molecule has 1 N–H and O–H groups in total. The first kappa shape index (κ1) is 15.8. The van der Waals surface area contributed by atoms with Crippen molar-refractivity contribution in [2.24, 2.45) is 0 Å². The molecular formula is C15H15F3N2O3. The van der Waals surface area contributed by atoms with Gasteiger partial charge in [-0.15, -0.1) is 0 Å². The molecule has 8 heteroatoms. The van der Waals surface area contributed by atoms with Crippen molar-refractivity contribution in [3.63, 3.8) is 0 Å². The van der Waals surface area contributed by atoms with Gasteiger partial charge in [0.2, 0.25) is 0 Å². The number of alkyl halides is 3. The first-order chi connectivity index (χ1) is 10.8. The second-order valence-electron chi connectivity index (χ2n) is 5.61. The van der Waals surface area contributed by atoms with Gasteiger partial charge in [0, 0.05) is 19.0 Å². The third-order valence-corrected chi connectivity index (χ3v) is 4.39. The highest BCUT2D eigenvalue weighted by molar-refractivity contribution is 6.00. The van der Waals surface area contributed by atoms with E-state index in [0.29, 0.717) is 18.7 Å². The molecule has 0 radical (unpaired) electrons. The largest absolute Gasteiger partial charge is 0.468 e. The molecule has 1 saturated heterocycles. The van der Waals surface area contributed by atoms with Crippen molar-refractivity contribution >= 4 is 11.9 Å². The molecule has 1 aromatic rings.